The van der Waals surface area contributed by atoms with E-state index in [0.29, 0.717) is 16.3 Å². The van der Waals surface area contributed by atoms with Gasteiger partial charge in [-0.25, -0.2) is 0 Å². The second-order valence-corrected chi connectivity index (χ2v) is 5.08. The van der Waals surface area contributed by atoms with Crippen molar-refractivity contribution in [2.75, 3.05) is 6.61 Å². The van der Waals surface area contributed by atoms with Gasteiger partial charge in [-0.2, -0.15) is 0 Å². The van der Waals surface area contributed by atoms with Crippen LogP contribution in [0.25, 0.3) is 10.8 Å². The van der Waals surface area contributed by atoms with E-state index in [9.17, 15) is 14.7 Å². The fourth-order valence-electron chi connectivity index (χ4n) is 2.07. The number of aromatic nitrogens is 1. The molecule has 5 nitrogen and oxygen atoms in total. The maximum absolute atomic E-state index is 12.3. The van der Waals surface area contributed by atoms with Gasteiger partial charge in [-0.3, -0.25) is 9.59 Å². The fraction of sp³-hybridized carbons (Fsp3) is 0.333. The molecule has 1 atom stereocenters. The van der Waals surface area contributed by atoms with Gasteiger partial charge in [-0.05, 0) is 12.0 Å². The number of aliphatic hydroxyl groups excluding tert-OH is 1. The third-order valence-corrected chi connectivity index (χ3v) is 3.37. The standard InChI is InChI=1S/C15H18N2O3/c1-9(2)13(8-18)17-15(20)12-7-16-14(19)11-6-4-3-5-10(11)12/h3-7,9,13,18H,8H2,1-2H3,(H,16,19)(H,17,20). The van der Waals surface area contributed by atoms with Crippen LogP contribution in [-0.4, -0.2) is 28.6 Å². The first-order valence-electron chi connectivity index (χ1n) is 6.56. The van der Waals surface area contributed by atoms with Crippen LogP contribution in [0.5, 0.6) is 0 Å². The Morgan fingerprint density at radius 3 is 2.55 bits per heavy atom. The van der Waals surface area contributed by atoms with E-state index in [0.717, 1.165) is 0 Å². The molecule has 0 fully saturated rings. The summed E-state index contributed by atoms with van der Waals surface area (Å²) in [4.78, 5) is 26.6. The van der Waals surface area contributed by atoms with Crippen molar-refractivity contribution in [2.24, 2.45) is 5.92 Å². The van der Waals surface area contributed by atoms with Crippen LogP contribution in [0.15, 0.2) is 35.3 Å². The molecule has 1 aromatic carbocycles. The lowest BCUT2D eigenvalue weighted by Gasteiger charge is -2.20. The molecule has 0 saturated heterocycles. The average molecular weight is 274 g/mol. The summed E-state index contributed by atoms with van der Waals surface area (Å²) in [5.41, 5.74) is 0.180. The Labute approximate surface area is 116 Å². The number of aromatic amines is 1. The maximum atomic E-state index is 12.3. The molecule has 106 valence electrons. The molecule has 0 spiro atoms. The fourth-order valence-corrected chi connectivity index (χ4v) is 2.07. The van der Waals surface area contributed by atoms with E-state index in [1.54, 1.807) is 24.3 Å². The van der Waals surface area contributed by atoms with Gasteiger partial charge in [0.25, 0.3) is 11.5 Å². The van der Waals surface area contributed by atoms with Gasteiger partial charge in [0, 0.05) is 17.0 Å². The highest BCUT2D eigenvalue weighted by Crippen LogP contribution is 2.14. The molecule has 0 aliphatic carbocycles. The van der Waals surface area contributed by atoms with E-state index in [2.05, 4.69) is 10.3 Å². The second-order valence-electron chi connectivity index (χ2n) is 5.08. The number of nitrogens with one attached hydrogen (secondary N) is 2. The predicted molar refractivity (Wildman–Crippen MR) is 77.7 cm³/mol. The van der Waals surface area contributed by atoms with Gasteiger partial charge in [-0.15, -0.1) is 0 Å². The number of rotatable bonds is 4. The number of benzene rings is 1. The van der Waals surface area contributed by atoms with Gasteiger partial charge in [-0.1, -0.05) is 32.0 Å². The number of hydrogen-bond donors (Lipinski definition) is 3. The number of carbonyl (C=O) groups excluding carboxylic acids is 1. The number of aliphatic hydroxyl groups is 1. The Bertz CT molecular complexity index is 676. The summed E-state index contributed by atoms with van der Waals surface area (Å²) in [6.07, 6.45) is 1.41. The average Bonchev–Trinajstić information content (AvgIpc) is 2.45. The molecule has 0 bridgehead atoms. The smallest absolute Gasteiger partial charge is 0.255 e. The SMILES string of the molecule is CC(C)C(CO)NC(=O)c1c[nH]c(=O)c2ccccc12. The first-order chi connectivity index (χ1) is 9.54. The molecule has 1 heterocycles. The third-order valence-electron chi connectivity index (χ3n) is 3.37. The van der Waals surface area contributed by atoms with Crippen molar-refractivity contribution < 1.29 is 9.90 Å². The molecule has 1 aromatic heterocycles. The number of H-pyrrole nitrogens is 1. The molecule has 1 unspecified atom stereocenters. The van der Waals surface area contributed by atoms with Gasteiger partial charge in [0.15, 0.2) is 0 Å². The number of amides is 1. The molecular formula is C15H18N2O3. The summed E-state index contributed by atoms with van der Waals surface area (Å²) < 4.78 is 0. The van der Waals surface area contributed by atoms with Crippen LogP contribution in [0.3, 0.4) is 0 Å². The van der Waals surface area contributed by atoms with Gasteiger partial charge in [0.1, 0.15) is 0 Å². The summed E-state index contributed by atoms with van der Waals surface area (Å²) >= 11 is 0. The zero-order chi connectivity index (χ0) is 14.7. The lowest BCUT2D eigenvalue weighted by Crippen LogP contribution is -2.41. The van der Waals surface area contributed by atoms with Crippen molar-refractivity contribution in [3.63, 3.8) is 0 Å². The minimum absolute atomic E-state index is 0.120. The summed E-state index contributed by atoms with van der Waals surface area (Å²) in [7, 11) is 0. The third kappa shape index (κ3) is 2.72. The molecule has 2 aromatic rings. The molecule has 0 aliphatic rings. The normalized spacial score (nSPS) is 12.6. The van der Waals surface area contributed by atoms with E-state index in [4.69, 9.17) is 0 Å². The minimum atomic E-state index is -0.312. The van der Waals surface area contributed by atoms with Crippen molar-refractivity contribution in [1.82, 2.24) is 10.3 Å². The van der Waals surface area contributed by atoms with E-state index < -0.39 is 0 Å². The molecule has 5 heteroatoms. The van der Waals surface area contributed by atoms with Crippen LogP contribution in [0.4, 0.5) is 0 Å². The topological polar surface area (TPSA) is 82.2 Å². The zero-order valence-electron chi connectivity index (χ0n) is 11.5. The van der Waals surface area contributed by atoms with Crippen LogP contribution < -0.4 is 10.9 Å². The molecule has 1 amide bonds. The van der Waals surface area contributed by atoms with Crippen LogP contribution in [0.1, 0.15) is 24.2 Å². The summed E-state index contributed by atoms with van der Waals surface area (Å²) in [6, 6.07) is 6.64. The molecule has 20 heavy (non-hydrogen) atoms. The first kappa shape index (κ1) is 14.3. The number of pyridine rings is 1. The Balaban J connectivity index is 2.41. The summed E-state index contributed by atoms with van der Waals surface area (Å²) in [5, 5.41) is 13.1. The lowest BCUT2D eigenvalue weighted by atomic mass is 10.0. The van der Waals surface area contributed by atoms with Gasteiger partial charge >= 0.3 is 0 Å². The maximum Gasteiger partial charge on any atom is 0.255 e. The highest BCUT2D eigenvalue weighted by molar-refractivity contribution is 6.06. The molecule has 0 saturated carbocycles. The van der Waals surface area contributed by atoms with Crippen LogP contribution in [0, 0.1) is 5.92 Å². The summed E-state index contributed by atoms with van der Waals surface area (Å²) in [6.45, 7) is 3.73. The van der Waals surface area contributed by atoms with Crippen molar-refractivity contribution in [3.05, 3.63) is 46.4 Å². The van der Waals surface area contributed by atoms with Crippen molar-refractivity contribution >= 4 is 16.7 Å². The largest absolute Gasteiger partial charge is 0.394 e. The highest BCUT2D eigenvalue weighted by Gasteiger charge is 2.18. The molecule has 0 aliphatic heterocycles. The van der Waals surface area contributed by atoms with Crippen molar-refractivity contribution in [3.8, 4) is 0 Å². The quantitative estimate of drug-likeness (QED) is 0.785. The number of hydrogen-bond acceptors (Lipinski definition) is 3. The van der Waals surface area contributed by atoms with Gasteiger partial charge in [0.2, 0.25) is 0 Å². The Kier molecular flexibility index (Phi) is 4.20. The van der Waals surface area contributed by atoms with E-state index in [-0.39, 0.29) is 30.0 Å². The van der Waals surface area contributed by atoms with E-state index >= 15 is 0 Å². The molecular weight excluding hydrogens is 256 g/mol. The molecule has 2 rings (SSSR count). The lowest BCUT2D eigenvalue weighted by molar-refractivity contribution is 0.0898. The Morgan fingerprint density at radius 1 is 1.30 bits per heavy atom. The van der Waals surface area contributed by atoms with E-state index in [1.807, 2.05) is 13.8 Å². The monoisotopic (exact) mass is 274 g/mol. The zero-order valence-corrected chi connectivity index (χ0v) is 11.5. The number of fused-ring (bicyclic) bond motifs is 1. The van der Waals surface area contributed by atoms with E-state index in [1.165, 1.54) is 6.20 Å². The number of carbonyl (C=O) groups is 1. The second kappa shape index (κ2) is 5.88. The van der Waals surface area contributed by atoms with Crippen LogP contribution >= 0.6 is 0 Å². The predicted octanol–water partition coefficient (Wildman–Crippen LogP) is 1.27. The van der Waals surface area contributed by atoms with Crippen LogP contribution in [0.2, 0.25) is 0 Å². The molecule has 0 radical (unpaired) electrons. The minimum Gasteiger partial charge on any atom is -0.394 e. The highest BCUT2D eigenvalue weighted by atomic mass is 16.3. The van der Waals surface area contributed by atoms with Gasteiger partial charge in [0.05, 0.1) is 18.2 Å². The van der Waals surface area contributed by atoms with Crippen LogP contribution in [-0.2, 0) is 0 Å². The Hall–Kier alpha value is -2.14. The van der Waals surface area contributed by atoms with Gasteiger partial charge < -0.3 is 15.4 Å². The van der Waals surface area contributed by atoms with Crippen molar-refractivity contribution in [1.29, 1.82) is 0 Å². The Morgan fingerprint density at radius 2 is 1.95 bits per heavy atom. The summed E-state index contributed by atoms with van der Waals surface area (Å²) in [5.74, 6) is -0.178. The first-order valence-corrected chi connectivity index (χ1v) is 6.56. The van der Waals surface area contributed by atoms with Crippen molar-refractivity contribution in [2.45, 2.75) is 19.9 Å². The molecule has 3 N–H and O–H groups in total.